The predicted molar refractivity (Wildman–Crippen MR) is 48.5 cm³/mol. The van der Waals surface area contributed by atoms with Crippen molar-refractivity contribution < 1.29 is 0 Å². The van der Waals surface area contributed by atoms with E-state index in [2.05, 4.69) is 0 Å². The van der Waals surface area contributed by atoms with Crippen molar-refractivity contribution in [2.24, 2.45) is 11.8 Å². The Morgan fingerprint density at radius 3 is 1.36 bits per heavy atom. The third-order valence-electron chi connectivity index (χ3n) is 3.69. The highest BCUT2D eigenvalue weighted by molar-refractivity contribution is 4.74. The van der Waals surface area contributed by atoms with Crippen LogP contribution in [0.2, 0.25) is 0 Å². The highest BCUT2D eigenvalue weighted by Crippen LogP contribution is 2.36. The standard InChI is InChI=1S/C11H20/c1-2-4-10-6-8-11(5-3-1)9-7-10/h10-11H,1-9H2. The second-order valence-corrected chi connectivity index (χ2v) is 4.52. The number of fused-ring (bicyclic) bond motifs is 6. The van der Waals surface area contributed by atoms with Crippen LogP contribution < -0.4 is 0 Å². The molecule has 3 aliphatic rings. The van der Waals surface area contributed by atoms with Crippen LogP contribution in [0.15, 0.2) is 0 Å². The number of hydrogen-bond donors (Lipinski definition) is 0. The highest BCUT2D eigenvalue weighted by atomic mass is 14.3. The Kier molecular flexibility index (Phi) is 2.50. The Bertz CT molecular complexity index is 89.7. The third-order valence-corrected chi connectivity index (χ3v) is 3.69. The molecule has 0 radical (unpaired) electrons. The molecule has 3 fully saturated rings. The van der Waals surface area contributed by atoms with E-state index in [0.29, 0.717) is 0 Å². The van der Waals surface area contributed by atoms with E-state index < -0.39 is 0 Å². The first-order chi connectivity index (χ1) is 5.45. The van der Waals surface area contributed by atoms with E-state index in [1.165, 1.54) is 19.3 Å². The minimum absolute atomic E-state index is 1.13. The molecule has 0 aliphatic heterocycles. The lowest BCUT2D eigenvalue weighted by atomic mass is 9.80. The summed E-state index contributed by atoms with van der Waals surface area (Å²) in [5.41, 5.74) is 0. The van der Waals surface area contributed by atoms with Crippen molar-refractivity contribution in [3.8, 4) is 0 Å². The van der Waals surface area contributed by atoms with Crippen LogP contribution in [-0.2, 0) is 0 Å². The normalized spacial score (nSPS) is 39.3. The maximum Gasteiger partial charge on any atom is -0.0414 e. The topological polar surface area (TPSA) is 0 Å². The van der Waals surface area contributed by atoms with Gasteiger partial charge in [-0.1, -0.05) is 57.8 Å². The minimum Gasteiger partial charge on any atom is -0.0533 e. The van der Waals surface area contributed by atoms with Crippen molar-refractivity contribution in [2.45, 2.75) is 57.8 Å². The van der Waals surface area contributed by atoms with E-state index in [1.54, 1.807) is 38.5 Å². The van der Waals surface area contributed by atoms with Crippen LogP contribution in [-0.4, -0.2) is 0 Å². The molecular weight excluding hydrogens is 132 g/mol. The van der Waals surface area contributed by atoms with Gasteiger partial charge in [0.15, 0.2) is 0 Å². The molecule has 0 aromatic rings. The number of hydrogen-bond acceptors (Lipinski definition) is 0. The van der Waals surface area contributed by atoms with Crippen molar-refractivity contribution in [2.75, 3.05) is 0 Å². The van der Waals surface area contributed by atoms with E-state index in [9.17, 15) is 0 Å². The molecule has 0 saturated heterocycles. The van der Waals surface area contributed by atoms with Crippen LogP contribution in [0.25, 0.3) is 0 Å². The lowest BCUT2D eigenvalue weighted by Gasteiger charge is -2.26. The smallest absolute Gasteiger partial charge is 0.0414 e. The summed E-state index contributed by atoms with van der Waals surface area (Å²) in [6.07, 6.45) is 13.9. The lowest BCUT2D eigenvalue weighted by Crippen LogP contribution is -2.12. The summed E-state index contributed by atoms with van der Waals surface area (Å²) < 4.78 is 0. The summed E-state index contributed by atoms with van der Waals surface area (Å²) in [6, 6.07) is 0. The zero-order chi connectivity index (χ0) is 7.52. The van der Waals surface area contributed by atoms with Gasteiger partial charge in [-0.2, -0.15) is 0 Å². The zero-order valence-corrected chi connectivity index (χ0v) is 7.52. The summed E-state index contributed by atoms with van der Waals surface area (Å²) in [6.45, 7) is 0. The van der Waals surface area contributed by atoms with Gasteiger partial charge >= 0.3 is 0 Å². The van der Waals surface area contributed by atoms with E-state index in [4.69, 9.17) is 0 Å². The molecule has 0 N–H and O–H groups in total. The minimum atomic E-state index is 1.13. The third kappa shape index (κ3) is 1.98. The molecule has 11 heavy (non-hydrogen) atoms. The van der Waals surface area contributed by atoms with E-state index in [-0.39, 0.29) is 0 Å². The fourth-order valence-electron chi connectivity index (χ4n) is 2.85. The maximum atomic E-state index is 1.56. The molecule has 0 aromatic carbocycles. The fourth-order valence-corrected chi connectivity index (χ4v) is 2.85. The van der Waals surface area contributed by atoms with Crippen LogP contribution in [0, 0.1) is 11.8 Å². The fraction of sp³-hybridized carbons (Fsp3) is 1.00. The molecular formula is C11H20. The summed E-state index contributed by atoms with van der Waals surface area (Å²) >= 11 is 0. The van der Waals surface area contributed by atoms with Gasteiger partial charge in [0.05, 0.1) is 0 Å². The summed E-state index contributed by atoms with van der Waals surface area (Å²) in [5, 5.41) is 0. The Hall–Kier alpha value is 0. The molecule has 0 unspecified atom stereocenters. The molecule has 0 heterocycles. The second kappa shape index (κ2) is 3.60. The molecule has 64 valence electrons. The van der Waals surface area contributed by atoms with Gasteiger partial charge in [-0.25, -0.2) is 0 Å². The van der Waals surface area contributed by atoms with Crippen LogP contribution in [0.5, 0.6) is 0 Å². The monoisotopic (exact) mass is 152 g/mol. The predicted octanol–water partition coefficient (Wildman–Crippen LogP) is 3.76. The van der Waals surface area contributed by atoms with E-state index in [1.807, 2.05) is 0 Å². The molecule has 2 bridgehead atoms. The maximum absolute atomic E-state index is 1.56. The molecule has 3 aliphatic carbocycles. The van der Waals surface area contributed by atoms with Crippen molar-refractivity contribution in [1.29, 1.82) is 0 Å². The average Bonchev–Trinajstić information content (AvgIpc) is 2.21. The molecule has 0 heteroatoms. The van der Waals surface area contributed by atoms with Crippen molar-refractivity contribution in [3.63, 3.8) is 0 Å². The van der Waals surface area contributed by atoms with Crippen LogP contribution in [0.1, 0.15) is 57.8 Å². The van der Waals surface area contributed by atoms with Gasteiger partial charge in [-0.3, -0.25) is 0 Å². The van der Waals surface area contributed by atoms with Gasteiger partial charge in [0.2, 0.25) is 0 Å². The summed E-state index contributed by atoms with van der Waals surface area (Å²) in [5.74, 6) is 2.26. The molecule has 0 spiro atoms. The first-order valence-corrected chi connectivity index (χ1v) is 5.45. The Morgan fingerprint density at radius 2 is 0.909 bits per heavy atom. The molecule has 0 nitrogen and oxygen atoms in total. The highest BCUT2D eigenvalue weighted by Gasteiger charge is 2.21. The van der Waals surface area contributed by atoms with Gasteiger partial charge in [0.1, 0.15) is 0 Å². The molecule has 0 atom stereocenters. The Morgan fingerprint density at radius 1 is 0.455 bits per heavy atom. The van der Waals surface area contributed by atoms with Crippen molar-refractivity contribution in [3.05, 3.63) is 0 Å². The van der Waals surface area contributed by atoms with E-state index in [0.717, 1.165) is 11.8 Å². The van der Waals surface area contributed by atoms with Gasteiger partial charge in [-0.15, -0.1) is 0 Å². The molecule has 0 aromatic heterocycles. The molecule has 0 amide bonds. The first-order valence-electron chi connectivity index (χ1n) is 5.45. The largest absolute Gasteiger partial charge is 0.0533 e. The van der Waals surface area contributed by atoms with E-state index >= 15 is 0 Å². The van der Waals surface area contributed by atoms with Crippen LogP contribution in [0.3, 0.4) is 0 Å². The molecule has 3 saturated carbocycles. The SMILES string of the molecule is C1CCC2CCC(CC1)CC2. The summed E-state index contributed by atoms with van der Waals surface area (Å²) in [4.78, 5) is 0. The quantitative estimate of drug-likeness (QED) is 0.496. The van der Waals surface area contributed by atoms with Crippen molar-refractivity contribution in [1.82, 2.24) is 0 Å². The average molecular weight is 152 g/mol. The van der Waals surface area contributed by atoms with Gasteiger partial charge in [-0.05, 0) is 11.8 Å². The number of rotatable bonds is 0. The first kappa shape index (κ1) is 7.64. The lowest BCUT2D eigenvalue weighted by molar-refractivity contribution is 0.264. The van der Waals surface area contributed by atoms with Crippen LogP contribution in [0.4, 0.5) is 0 Å². The second-order valence-electron chi connectivity index (χ2n) is 4.52. The zero-order valence-electron chi connectivity index (χ0n) is 7.52. The van der Waals surface area contributed by atoms with Gasteiger partial charge in [0, 0.05) is 0 Å². The van der Waals surface area contributed by atoms with Gasteiger partial charge < -0.3 is 0 Å². The van der Waals surface area contributed by atoms with Crippen molar-refractivity contribution >= 4 is 0 Å². The van der Waals surface area contributed by atoms with Crippen LogP contribution >= 0.6 is 0 Å². The summed E-state index contributed by atoms with van der Waals surface area (Å²) in [7, 11) is 0. The Balaban J connectivity index is 1.92. The molecule has 3 rings (SSSR count). The van der Waals surface area contributed by atoms with Gasteiger partial charge in [0.25, 0.3) is 0 Å². The Labute approximate surface area is 70.4 Å².